The van der Waals surface area contributed by atoms with E-state index < -0.39 is 15.8 Å². The Balaban J connectivity index is 2.30. The quantitative estimate of drug-likeness (QED) is 0.910. The van der Waals surface area contributed by atoms with Crippen molar-refractivity contribution in [1.82, 2.24) is 0 Å². The summed E-state index contributed by atoms with van der Waals surface area (Å²) in [7, 11) is -3.86. The van der Waals surface area contributed by atoms with Gasteiger partial charge < -0.3 is 5.11 Å². The monoisotopic (exact) mass is 321 g/mol. The number of sulfonamides is 1. The number of nitrogens with one attached hydrogen (secondary N) is 1. The van der Waals surface area contributed by atoms with Crippen LogP contribution in [-0.4, -0.2) is 13.5 Å². The number of benzene rings is 1. The van der Waals surface area contributed by atoms with Gasteiger partial charge in [-0.25, -0.2) is 12.8 Å². The van der Waals surface area contributed by atoms with Gasteiger partial charge in [0.25, 0.3) is 10.0 Å². The van der Waals surface area contributed by atoms with Crippen LogP contribution < -0.4 is 4.72 Å². The summed E-state index contributed by atoms with van der Waals surface area (Å²) >= 11 is 6.53. The lowest BCUT2D eigenvalue weighted by molar-refractivity contribution is 0.282. The highest BCUT2D eigenvalue weighted by Crippen LogP contribution is 2.25. The summed E-state index contributed by atoms with van der Waals surface area (Å²) < 4.78 is 39.6. The zero-order valence-corrected chi connectivity index (χ0v) is 11.8. The molecule has 0 fully saturated rings. The molecule has 0 aliphatic heterocycles. The smallest absolute Gasteiger partial charge is 0.271 e. The van der Waals surface area contributed by atoms with Gasteiger partial charge in [0.1, 0.15) is 10.0 Å². The molecule has 1 aromatic heterocycles. The Morgan fingerprint density at radius 1 is 1.37 bits per heavy atom. The maximum atomic E-state index is 13.5. The Morgan fingerprint density at radius 3 is 2.68 bits per heavy atom. The fraction of sp³-hybridized carbons (Fsp3) is 0.0909. The topological polar surface area (TPSA) is 66.4 Å². The minimum atomic E-state index is -3.86. The first-order chi connectivity index (χ1) is 8.92. The van der Waals surface area contributed by atoms with E-state index in [1.54, 1.807) is 0 Å². The molecule has 19 heavy (non-hydrogen) atoms. The molecule has 0 saturated carbocycles. The van der Waals surface area contributed by atoms with Crippen molar-refractivity contribution in [3.05, 3.63) is 46.0 Å². The van der Waals surface area contributed by atoms with E-state index in [4.69, 9.17) is 16.7 Å². The normalized spacial score (nSPS) is 11.5. The van der Waals surface area contributed by atoms with Crippen LogP contribution in [0.1, 0.15) is 5.56 Å². The molecule has 0 amide bonds. The van der Waals surface area contributed by atoms with Crippen molar-refractivity contribution < 1.29 is 17.9 Å². The summed E-state index contributed by atoms with van der Waals surface area (Å²) in [4.78, 5) is 0. The molecular weight excluding hydrogens is 313 g/mol. The summed E-state index contributed by atoms with van der Waals surface area (Å²) in [6, 6.07) is 4.99. The molecule has 102 valence electrons. The Morgan fingerprint density at radius 2 is 2.11 bits per heavy atom. The third-order valence-corrected chi connectivity index (χ3v) is 5.34. The van der Waals surface area contributed by atoms with Crippen LogP contribution in [0.25, 0.3) is 0 Å². The summed E-state index contributed by atoms with van der Waals surface area (Å²) in [5, 5.41) is 10.6. The van der Waals surface area contributed by atoms with Gasteiger partial charge in [-0.2, -0.15) is 0 Å². The number of rotatable bonds is 4. The largest absolute Gasteiger partial charge is 0.392 e. The van der Waals surface area contributed by atoms with Crippen molar-refractivity contribution in [3.63, 3.8) is 0 Å². The molecule has 0 aliphatic rings. The van der Waals surface area contributed by atoms with Crippen LogP contribution in [0.5, 0.6) is 0 Å². The number of thiophene rings is 1. The highest BCUT2D eigenvalue weighted by molar-refractivity contribution is 7.94. The van der Waals surface area contributed by atoms with Crippen molar-refractivity contribution in [1.29, 1.82) is 0 Å². The van der Waals surface area contributed by atoms with E-state index >= 15 is 0 Å². The number of anilines is 1. The van der Waals surface area contributed by atoms with Crippen molar-refractivity contribution >= 4 is 38.6 Å². The van der Waals surface area contributed by atoms with Crippen LogP contribution in [0.15, 0.2) is 33.9 Å². The minimum absolute atomic E-state index is 0.00546. The van der Waals surface area contributed by atoms with Gasteiger partial charge in [0, 0.05) is 5.02 Å². The molecule has 2 N–H and O–H groups in total. The lowest BCUT2D eigenvalue weighted by Crippen LogP contribution is -2.12. The summed E-state index contributed by atoms with van der Waals surface area (Å²) in [6.45, 7) is -0.249. The number of hydrogen-bond acceptors (Lipinski definition) is 4. The third-order valence-electron chi connectivity index (χ3n) is 2.25. The van der Waals surface area contributed by atoms with Gasteiger partial charge in [0.15, 0.2) is 0 Å². The highest BCUT2D eigenvalue weighted by Gasteiger charge is 2.18. The SMILES string of the molecule is O=S(=O)(Nc1ccc(Cl)cc1F)c1cc(CO)cs1. The average molecular weight is 322 g/mol. The van der Waals surface area contributed by atoms with Crippen LogP contribution in [0.4, 0.5) is 10.1 Å². The molecule has 0 spiro atoms. The van der Waals surface area contributed by atoms with Gasteiger partial charge in [-0.05, 0) is 35.2 Å². The van der Waals surface area contributed by atoms with Gasteiger partial charge in [0.2, 0.25) is 0 Å². The molecule has 0 unspecified atom stereocenters. The number of aliphatic hydroxyl groups excluding tert-OH is 1. The molecule has 0 saturated heterocycles. The maximum Gasteiger partial charge on any atom is 0.271 e. The van der Waals surface area contributed by atoms with Crippen LogP contribution in [0.3, 0.4) is 0 Å². The summed E-state index contributed by atoms with van der Waals surface area (Å²) in [5.74, 6) is -0.755. The van der Waals surface area contributed by atoms with E-state index in [0.29, 0.717) is 5.56 Å². The van der Waals surface area contributed by atoms with Gasteiger partial charge in [-0.1, -0.05) is 11.6 Å². The van der Waals surface area contributed by atoms with E-state index in [1.807, 2.05) is 0 Å². The van der Waals surface area contributed by atoms with Crippen LogP contribution >= 0.6 is 22.9 Å². The first-order valence-corrected chi connectivity index (χ1v) is 7.82. The first-order valence-electron chi connectivity index (χ1n) is 5.08. The van der Waals surface area contributed by atoms with Crippen molar-refractivity contribution in [2.75, 3.05) is 4.72 Å². The van der Waals surface area contributed by atoms with Crippen molar-refractivity contribution in [3.8, 4) is 0 Å². The van der Waals surface area contributed by atoms with Crippen molar-refractivity contribution in [2.24, 2.45) is 0 Å². The van der Waals surface area contributed by atoms with Crippen LogP contribution in [-0.2, 0) is 16.6 Å². The standard InChI is InChI=1S/C11H9ClFNO3S2/c12-8-1-2-10(9(13)4-8)14-19(16,17)11-3-7(5-15)6-18-11/h1-4,6,14-15H,5H2. The predicted molar refractivity (Wildman–Crippen MR) is 72.5 cm³/mol. The Kier molecular flexibility index (Phi) is 4.10. The molecule has 0 bridgehead atoms. The Hall–Kier alpha value is -1.15. The summed E-state index contributed by atoms with van der Waals surface area (Å²) in [5.41, 5.74) is 0.310. The van der Waals surface area contributed by atoms with Gasteiger partial charge in [-0.15, -0.1) is 11.3 Å². The minimum Gasteiger partial charge on any atom is -0.392 e. The first kappa shape index (κ1) is 14.3. The number of hydrogen-bond donors (Lipinski definition) is 2. The average Bonchev–Trinajstić information content (AvgIpc) is 2.82. The predicted octanol–water partition coefficient (Wildman–Crippen LogP) is 2.83. The fourth-order valence-electron chi connectivity index (χ4n) is 1.34. The third kappa shape index (κ3) is 3.24. The van der Waals surface area contributed by atoms with Gasteiger partial charge in [-0.3, -0.25) is 4.72 Å². The molecular formula is C11H9ClFNO3S2. The van der Waals surface area contributed by atoms with Crippen LogP contribution in [0, 0.1) is 5.82 Å². The lowest BCUT2D eigenvalue weighted by Gasteiger charge is -2.07. The van der Waals surface area contributed by atoms with E-state index in [2.05, 4.69) is 4.72 Å². The number of aliphatic hydroxyl groups is 1. The van der Waals surface area contributed by atoms with Crippen molar-refractivity contribution in [2.45, 2.75) is 10.8 Å². The molecule has 2 aromatic rings. The molecule has 2 rings (SSSR count). The molecule has 1 heterocycles. The van der Waals surface area contributed by atoms with E-state index in [9.17, 15) is 12.8 Å². The van der Waals surface area contributed by atoms with Gasteiger partial charge >= 0.3 is 0 Å². The molecule has 0 atom stereocenters. The Bertz CT molecular complexity index is 700. The number of halogens is 2. The zero-order chi connectivity index (χ0) is 14.0. The maximum absolute atomic E-state index is 13.5. The van der Waals surface area contributed by atoms with Gasteiger partial charge in [0.05, 0.1) is 12.3 Å². The molecule has 8 heteroatoms. The zero-order valence-electron chi connectivity index (χ0n) is 9.43. The second-order valence-corrected chi connectivity index (χ2v) is 6.92. The van der Waals surface area contributed by atoms with Crippen LogP contribution in [0.2, 0.25) is 5.02 Å². The van der Waals surface area contributed by atoms with E-state index in [-0.39, 0.29) is 21.5 Å². The van der Waals surface area contributed by atoms with E-state index in [0.717, 1.165) is 17.4 Å². The summed E-state index contributed by atoms with van der Waals surface area (Å²) in [6.07, 6.45) is 0. The second-order valence-electron chi connectivity index (χ2n) is 3.66. The highest BCUT2D eigenvalue weighted by atomic mass is 35.5. The molecule has 1 aromatic carbocycles. The lowest BCUT2D eigenvalue weighted by atomic mass is 10.3. The Labute approximate surface area is 118 Å². The molecule has 0 radical (unpaired) electrons. The molecule has 4 nitrogen and oxygen atoms in total. The van der Waals surface area contributed by atoms with E-state index in [1.165, 1.54) is 23.6 Å². The molecule has 0 aliphatic carbocycles. The second kappa shape index (κ2) is 5.46. The fourth-order valence-corrected chi connectivity index (χ4v) is 3.77.